The molecule has 0 aromatic carbocycles. The lowest BCUT2D eigenvalue weighted by Crippen LogP contribution is -2.64. The summed E-state index contributed by atoms with van der Waals surface area (Å²) in [4.78, 5) is 27.9. The summed E-state index contributed by atoms with van der Waals surface area (Å²) in [6, 6.07) is 0. The Morgan fingerprint density at radius 1 is 0.812 bits per heavy atom. The number of amides is 1. The first-order valence-electron chi connectivity index (χ1n) is 18.1. The van der Waals surface area contributed by atoms with Gasteiger partial charge in [0.25, 0.3) is 5.91 Å². The van der Waals surface area contributed by atoms with Crippen LogP contribution in [0.5, 0.6) is 0 Å². The van der Waals surface area contributed by atoms with Crippen molar-refractivity contribution in [3.8, 4) is 0 Å². The number of aliphatic hydroxyl groups excluding tert-OH is 5. The van der Waals surface area contributed by atoms with E-state index in [4.69, 9.17) is 28.4 Å². The molecule has 5 unspecified atom stereocenters. The predicted octanol–water partition coefficient (Wildman–Crippen LogP) is 0.761. The quantitative estimate of drug-likeness (QED) is 0.181. The molecular weight excluding hydrogens is 630 g/mol. The monoisotopic (exact) mass is 687 g/mol. The van der Waals surface area contributed by atoms with Gasteiger partial charge in [-0.2, -0.15) is 0 Å². The van der Waals surface area contributed by atoms with Crippen LogP contribution in [0.4, 0.5) is 0 Å². The minimum absolute atomic E-state index is 0.0325. The van der Waals surface area contributed by atoms with Gasteiger partial charge in [0.2, 0.25) is 0 Å². The molecule has 48 heavy (non-hydrogen) atoms. The first-order chi connectivity index (χ1) is 23.0. The summed E-state index contributed by atoms with van der Waals surface area (Å²) in [5.41, 5.74) is 0. The van der Waals surface area contributed by atoms with E-state index >= 15 is 0 Å². The number of hydrogen-bond donors (Lipinski definition) is 5. The molecule has 5 rings (SSSR count). The summed E-state index contributed by atoms with van der Waals surface area (Å²) in [5, 5.41) is 53.0. The highest BCUT2D eigenvalue weighted by atomic mass is 16.7. The fraction of sp³-hybridized carbons (Fsp3) is 0.941. The molecule has 1 amide bonds. The van der Waals surface area contributed by atoms with Crippen LogP contribution >= 0.6 is 0 Å². The number of carbonyl (C=O) groups is 2. The second-order valence-electron chi connectivity index (χ2n) is 14.4. The molecule has 14 atom stereocenters. The minimum atomic E-state index is -1.51. The Labute approximate surface area is 282 Å². The molecule has 14 nitrogen and oxygen atoms in total. The lowest BCUT2D eigenvalue weighted by atomic mass is 9.82. The standard InChI is InChI=1S/C34H57NO13/c1-4-21-12-8-13-22(29(21)48-33-28(41)27(40)25(38)18(2)43-33)46-34-31(44-19(3)37)30(26(39)24(17-36)47-34)45-23(32(42)35-14-9-15-35)16-20-10-6-5-7-11-20/h18,20-31,33-34,36,38-41H,4-17H2,1-3H3/t18?,21?,22-,23+,24+,25-,26+,27+,28?,29-,30?,31?,33+,34-/m1/s1. The highest BCUT2D eigenvalue weighted by Gasteiger charge is 2.53. The Hall–Kier alpha value is -1.46. The van der Waals surface area contributed by atoms with Crippen molar-refractivity contribution in [2.45, 2.75) is 171 Å². The molecule has 0 radical (unpaired) electrons. The van der Waals surface area contributed by atoms with Crippen LogP contribution in [0.25, 0.3) is 0 Å². The second kappa shape index (κ2) is 17.2. The smallest absolute Gasteiger partial charge is 0.303 e. The van der Waals surface area contributed by atoms with E-state index in [0.29, 0.717) is 32.4 Å². The van der Waals surface area contributed by atoms with E-state index in [1.165, 1.54) is 6.92 Å². The van der Waals surface area contributed by atoms with Crippen LogP contribution in [0.1, 0.15) is 91.4 Å². The van der Waals surface area contributed by atoms with Crippen molar-refractivity contribution in [1.29, 1.82) is 0 Å². The molecule has 5 fully saturated rings. The average molecular weight is 688 g/mol. The lowest BCUT2D eigenvalue weighted by molar-refractivity contribution is -0.349. The Balaban J connectivity index is 1.39. The number of esters is 1. The highest BCUT2D eigenvalue weighted by molar-refractivity contribution is 5.81. The van der Waals surface area contributed by atoms with Crippen molar-refractivity contribution in [3.63, 3.8) is 0 Å². The van der Waals surface area contributed by atoms with Crippen LogP contribution in [0.15, 0.2) is 0 Å². The van der Waals surface area contributed by atoms with Gasteiger partial charge in [-0.25, -0.2) is 0 Å². The van der Waals surface area contributed by atoms with Crippen molar-refractivity contribution in [2.75, 3.05) is 19.7 Å². The molecule has 3 saturated heterocycles. The average Bonchev–Trinajstić information content (AvgIpc) is 3.04. The van der Waals surface area contributed by atoms with Crippen LogP contribution in [0, 0.1) is 11.8 Å². The van der Waals surface area contributed by atoms with Crippen LogP contribution in [-0.2, 0) is 38.0 Å². The molecule has 2 saturated carbocycles. The Kier molecular flexibility index (Phi) is 13.5. The zero-order chi connectivity index (χ0) is 34.5. The highest BCUT2D eigenvalue weighted by Crippen LogP contribution is 2.38. The molecule has 5 aliphatic rings. The van der Waals surface area contributed by atoms with E-state index in [0.717, 1.165) is 51.4 Å². The van der Waals surface area contributed by atoms with Crippen molar-refractivity contribution < 1.29 is 63.5 Å². The Morgan fingerprint density at radius 3 is 2.17 bits per heavy atom. The summed E-state index contributed by atoms with van der Waals surface area (Å²) in [5.74, 6) is -0.578. The molecule has 3 heterocycles. The molecule has 2 aliphatic carbocycles. The number of likely N-dealkylation sites (tertiary alicyclic amines) is 1. The maximum absolute atomic E-state index is 13.7. The van der Waals surface area contributed by atoms with Crippen molar-refractivity contribution in [3.05, 3.63) is 0 Å². The summed E-state index contributed by atoms with van der Waals surface area (Å²) < 4.78 is 36.9. The number of carbonyl (C=O) groups excluding carboxylic acids is 2. The third kappa shape index (κ3) is 8.70. The summed E-state index contributed by atoms with van der Waals surface area (Å²) in [6.45, 7) is 5.50. The van der Waals surface area contributed by atoms with Gasteiger partial charge in [-0.15, -0.1) is 0 Å². The first-order valence-corrected chi connectivity index (χ1v) is 18.1. The first kappa shape index (κ1) is 37.8. The van der Waals surface area contributed by atoms with Gasteiger partial charge in [0.1, 0.15) is 42.7 Å². The van der Waals surface area contributed by atoms with Gasteiger partial charge in [-0.1, -0.05) is 51.9 Å². The maximum Gasteiger partial charge on any atom is 0.303 e. The topological polar surface area (TPSA) is 194 Å². The van der Waals surface area contributed by atoms with Crippen molar-refractivity contribution in [1.82, 2.24) is 4.90 Å². The van der Waals surface area contributed by atoms with Gasteiger partial charge < -0.3 is 58.9 Å². The lowest BCUT2D eigenvalue weighted by Gasteiger charge is -2.48. The molecule has 14 heteroatoms. The summed E-state index contributed by atoms with van der Waals surface area (Å²) >= 11 is 0. The second-order valence-corrected chi connectivity index (χ2v) is 14.4. The number of nitrogens with zero attached hydrogens (tertiary/aromatic N) is 1. The Bertz CT molecular complexity index is 1040. The van der Waals surface area contributed by atoms with Gasteiger partial charge in [0.15, 0.2) is 18.7 Å². The predicted molar refractivity (Wildman–Crippen MR) is 168 cm³/mol. The van der Waals surface area contributed by atoms with Crippen molar-refractivity contribution in [2.24, 2.45) is 11.8 Å². The van der Waals surface area contributed by atoms with Crippen LogP contribution in [0.3, 0.4) is 0 Å². The molecule has 5 N–H and O–H groups in total. The van der Waals surface area contributed by atoms with Crippen molar-refractivity contribution >= 4 is 11.9 Å². The van der Waals surface area contributed by atoms with Gasteiger partial charge in [-0.05, 0) is 44.4 Å². The Morgan fingerprint density at radius 2 is 1.54 bits per heavy atom. The number of aliphatic hydroxyl groups is 5. The SMILES string of the molecule is CCC1CCC[C@@H](O[C@@H]2O[C@@H](CO)[C@H](O)C(O[C@@H](CC3CCCCC3)C(=O)N3CCC3)C2OC(C)=O)[C@@H]1O[C@@H]1OC(C)[C@@H](O)[C@H](O)C1O. The molecule has 276 valence electrons. The third-order valence-electron chi connectivity index (χ3n) is 11.0. The summed E-state index contributed by atoms with van der Waals surface area (Å²) in [7, 11) is 0. The third-order valence-corrected chi connectivity index (χ3v) is 11.0. The normalized spacial score (nSPS) is 41.8. The molecule has 0 aromatic heterocycles. The van der Waals surface area contributed by atoms with Crippen LogP contribution in [-0.4, -0.2) is 142 Å². The van der Waals surface area contributed by atoms with E-state index in [1.54, 1.807) is 11.8 Å². The fourth-order valence-corrected chi connectivity index (χ4v) is 7.94. The van der Waals surface area contributed by atoms with Gasteiger partial charge in [0, 0.05) is 20.0 Å². The molecule has 3 aliphatic heterocycles. The number of hydrogen-bond acceptors (Lipinski definition) is 13. The van der Waals surface area contributed by atoms with Gasteiger partial charge in [0.05, 0.1) is 24.9 Å². The van der Waals surface area contributed by atoms with Crippen LogP contribution < -0.4 is 0 Å². The fourth-order valence-electron chi connectivity index (χ4n) is 7.94. The van der Waals surface area contributed by atoms with E-state index < -0.39 is 92.3 Å². The van der Waals surface area contributed by atoms with E-state index in [9.17, 15) is 35.1 Å². The van der Waals surface area contributed by atoms with Gasteiger partial charge >= 0.3 is 5.97 Å². The molecule has 0 bridgehead atoms. The molecular formula is C34H57NO13. The van der Waals surface area contributed by atoms with Gasteiger partial charge in [-0.3, -0.25) is 9.59 Å². The zero-order valence-corrected chi connectivity index (χ0v) is 28.5. The zero-order valence-electron chi connectivity index (χ0n) is 28.5. The maximum atomic E-state index is 13.7. The van der Waals surface area contributed by atoms with E-state index in [2.05, 4.69) is 0 Å². The summed E-state index contributed by atoms with van der Waals surface area (Å²) in [6.07, 6.45) is -5.45. The van der Waals surface area contributed by atoms with E-state index in [1.807, 2.05) is 6.92 Å². The molecule has 0 aromatic rings. The molecule has 0 spiro atoms. The largest absolute Gasteiger partial charge is 0.454 e. The van der Waals surface area contributed by atoms with E-state index in [-0.39, 0.29) is 17.7 Å². The minimum Gasteiger partial charge on any atom is -0.454 e. The number of ether oxygens (including phenoxy) is 6. The van der Waals surface area contributed by atoms with Crippen LogP contribution in [0.2, 0.25) is 0 Å². The number of rotatable bonds is 12.